The molecule has 4 rings (SSSR count). The number of nitrogens with one attached hydrogen (secondary N) is 2. The Morgan fingerprint density at radius 3 is 2.45 bits per heavy atom. The van der Waals surface area contributed by atoms with Crippen molar-refractivity contribution < 1.29 is 19.1 Å². The van der Waals surface area contributed by atoms with E-state index in [2.05, 4.69) is 10.7 Å². The van der Waals surface area contributed by atoms with Gasteiger partial charge in [0.15, 0.2) is 5.78 Å². The van der Waals surface area contributed by atoms with Crippen LogP contribution in [0.2, 0.25) is 0 Å². The second kappa shape index (κ2) is 8.61. The van der Waals surface area contributed by atoms with Gasteiger partial charge in [-0.05, 0) is 55.3 Å². The van der Waals surface area contributed by atoms with Gasteiger partial charge in [0.1, 0.15) is 18.3 Å². The molecular weight excluding hydrogens is 396 g/mol. The number of ketones is 1. The van der Waals surface area contributed by atoms with E-state index in [1.807, 2.05) is 24.3 Å². The van der Waals surface area contributed by atoms with E-state index in [4.69, 9.17) is 4.74 Å². The van der Waals surface area contributed by atoms with Gasteiger partial charge in [-0.15, -0.1) is 0 Å². The number of amides is 2. The van der Waals surface area contributed by atoms with Crippen molar-refractivity contribution in [1.29, 1.82) is 0 Å². The van der Waals surface area contributed by atoms with E-state index >= 15 is 0 Å². The van der Waals surface area contributed by atoms with E-state index in [0.29, 0.717) is 17.7 Å². The van der Waals surface area contributed by atoms with Crippen LogP contribution in [-0.2, 0) is 9.59 Å². The number of hydrazine groups is 1. The molecule has 2 amide bonds. The van der Waals surface area contributed by atoms with Gasteiger partial charge in [0.2, 0.25) is 5.91 Å². The second-order valence-electron chi connectivity index (χ2n) is 7.56. The molecule has 2 aromatic carbocycles. The average Bonchev–Trinajstić information content (AvgIpc) is 3.21. The number of benzene rings is 2. The van der Waals surface area contributed by atoms with Gasteiger partial charge in [-0.1, -0.05) is 12.1 Å². The normalized spacial score (nSPS) is 19.9. The predicted molar refractivity (Wildman–Crippen MR) is 115 cm³/mol. The van der Waals surface area contributed by atoms with Gasteiger partial charge in [0, 0.05) is 23.7 Å². The number of hydrogen-bond acceptors (Lipinski definition) is 6. The molecule has 0 aromatic heterocycles. The zero-order valence-corrected chi connectivity index (χ0v) is 17.4. The predicted octanol–water partition coefficient (Wildman–Crippen LogP) is 2.47. The molecule has 0 bridgehead atoms. The first-order chi connectivity index (χ1) is 14.9. The Balaban J connectivity index is 1.36. The maximum Gasteiger partial charge on any atom is 0.251 e. The number of nitrogens with zero attached hydrogens (tertiary/aromatic N) is 2. The van der Waals surface area contributed by atoms with Crippen molar-refractivity contribution in [2.75, 3.05) is 19.0 Å². The molecule has 8 heteroatoms. The maximum absolute atomic E-state index is 12.9. The van der Waals surface area contributed by atoms with E-state index in [0.717, 1.165) is 11.3 Å². The fourth-order valence-corrected chi connectivity index (χ4v) is 3.76. The summed E-state index contributed by atoms with van der Waals surface area (Å²) in [6, 6.07) is 14.0. The second-order valence-corrected chi connectivity index (χ2v) is 7.56. The maximum atomic E-state index is 12.9. The van der Waals surface area contributed by atoms with E-state index < -0.39 is 0 Å². The van der Waals surface area contributed by atoms with Gasteiger partial charge in [0.05, 0.1) is 13.2 Å². The monoisotopic (exact) mass is 420 g/mol. The smallest absolute Gasteiger partial charge is 0.251 e. The summed E-state index contributed by atoms with van der Waals surface area (Å²) < 4.78 is 5.20. The highest BCUT2D eigenvalue weighted by Crippen LogP contribution is 2.31. The molecule has 2 aliphatic heterocycles. The van der Waals surface area contributed by atoms with Crippen LogP contribution in [0.25, 0.3) is 0 Å². The molecule has 0 aliphatic carbocycles. The molecule has 1 fully saturated rings. The van der Waals surface area contributed by atoms with Crippen molar-refractivity contribution in [1.82, 2.24) is 15.3 Å². The summed E-state index contributed by atoms with van der Waals surface area (Å²) in [5, 5.41) is 4.56. The summed E-state index contributed by atoms with van der Waals surface area (Å²) in [4.78, 5) is 38.2. The quantitative estimate of drug-likeness (QED) is 0.698. The number of fused-ring (bicyclic) bond motifs is 1. The van der Waals surface area contributed by atoms with E-state index in [1.165, 1.54) is 11.8 Å². The summed E-state index contributed by atoms with van der Waals surface area (Å²) >= 11 is 0. The van der Waals surface area contributed by atoms with Crippen molar-refractivity contribution in [2.45, 2.75) is 25.4 Å². The third-order valence-corrected chi connectivity index (χ3v) is 5.48. The lowest BCUT2D eigenvalue weighted by Gasteiger charge is -2.31. The number of anilines is 1. The van der Waals surface area contributed by atoms with Gasteiger partial charge in [-0.25, -0.2) is 5.43 Å². The highest BCUT2D eigenvalue weighted by molar-refractivity contribution is 5.97. The van der Waals surface area contributed by atoms with E-state index in [-0.39, 0.29) is 36.2 Å². The minimum atomic E-state index is -0.375. The fourth-order valence-electron chi connectivity index (χ4n) is 3.76. The number of carbonyl (C=O) groups excluding carboxylic acids is 3. The summed E-state index contributed by atoms with van der Waals surface area (Å²) in [5.74, 6) is 0.306. The van der Waals surface area contributed by atoms with Crippen LogP contribution >= 0.6 is 0 Å². The van der Waals surface area contributed by atoms with Crippen LogP contribution in [0.4, 0.5) is 5.69 Å². The molecule has 2 aliphatic rings. The lowest BCUT2D eigenvalue weighted by atomic mass is 10.0. The van der Waals surface area contributed by atoms with Gasteiger partial charge < -0.3 is 20.0 Å². The summed E-state index contributed by atoms with van der Waals surface area (Å²) in [5.41, 5.74) is 5.55. The van der Waals surface area contributed by atoms with Crippen LogP contribution in [0.15, 0.2) is 60.9 Å². The Bertz CT molecular complexity index is 1020. The summed E-state index contributed by atoms with van der Waals surface area (Å²) in [7, 11) is 1.62. The van der Waals surface area contributed by atoms with Crippen LogP contribution in [0.1, 0.15) is 35.3 Å². The van der Waals surface area contributed by atoms with Crippen molar-refractivity contribution in [2.24, 2.45) is 0 Å². The number of ether oxygens (including phenoxy) is 1. The molecule has 1 saturated heterocycles. The largest absolute Gasteiger partial charge is 0.497 e. The highest BCUT2D eigenvalue weighted by atomic mass is 16.5. The zero-order valence-electron chi connectivity index (χ0n) is 17.4. The van der Waals surface area contributed by atoms with E-state index in [9.17, 15) is 14.4 Å². The Morgan fingerprint density at radius 1 is 1.10 bits per heavy atom. The third kappa shape index (κ3) is 4.44. The van der Waals surface area contributed by atoms with Gasteiger partial charge in [-0.3, -0.25) is 14.4 Å². The Morgan fingerprint density at radius 2 is 1.81 bits per heavy atom. The van der Waals surface area contributed by atoms with Crippen LogP contribution in [0.5, 0.6) is 5.75 Å². The van der Waals surface area contributed by atoms with Crippen molar-refractivity contribution >= 4 is 23.3 Å². The van der Waals surface area contributed by atoms with E-state index in [1.54, 1.807) is 48.8 Å². The summed E-state index contributed by atoms with van der Waals surface area (Å²) in [6.45, 7) is 1.41. The van der Waals surface area contributed by atoms with Crippen LogP contribution in [0.3, 0.4) is 0 Å². The number of Topliss-reactive ketones (excluding diaryl/α,β-unsaturated/α-hetero) is 1. The molecule has 31 heavy (non-hydrogen) atoms. The first-order valence-corrected chi connectivity index (χ1v) is 10.0. The summed E-state index contributed by atoms with van der Waals surface area (Å²) in [6.07, 6.45) is 3.99. The number of methoxy groups -OCH3 is 1. The third-order valence-electron chi connectivity index (χ3n) is 5.48. The van der Waals surface area contributed by atoms with Crippen molar-refractivity contribution in [3.63, 3.8) is 0 Å². The van der Waals surface area contributed by atoms with Crippen molar-refractivity contribution in [3.8, 4) is 5.75 Å². The number of rotatable bonds is 6. The molecule has 0 spiro atoms. The molecular formula is C23H24N4O4. The molecule has 8 nitrogen and oxygen atoms in total. The Labute approximate surface area is 180 Å². The SMILES string of the molecule is COc1ccc(C2CC3C(=O)N(CC(=O)Nc4ccc(C(C)=O)cc4)C=CN3N2)cc1. The minimum absolute atomic E-state index is 0.00178. The number of carbonyl (C=O) groups is 3. The van der Waals surface area contributed by atoms with Gasteiger partial charge >= 0.3 is 0 Å². The average molecular weight is 420 g/mol. The van der Waals surface area contributed by atoms with Gasteiger partial charge in [-0.2, -0.15) is 0 Å². The Kier molecular flexibility index (Phi) is 5.73. The Hall–Kier alpha value is -3.65. The molecule has 2 unspecified atom stereocenters. The standard InChI is InChI=1S/C23H24N4O4/c1-15(28)16-3-7-18(8-4-16)24-22(29)14-26-11-12-27-21(23(26)30)13-20(25-27)17-5-9-19(31-2)10-6-17/h3-12,20-21,25H,13-14H2,1-2H3,(H,24,29). The zero-order chi connectivity index (χ0) is 22.0. The molecule has 0 radical (unpaired) electrons. The fraction of sp³-hybridized carbons (Fsp3) is 0.261. The first-order valence-electron chi connectivity index (χ1n) is 10.0. The first kappa shape index (κ1) is 20.6. The van der Waals surface area contributed by atoms with Gasteiger partial charge in [0.25, 0.3) is 5.91 Å². The molecule has 2 aromatic rings. The topological polar surface area (TPSA) is 91.0 Å². The highest BCUT2D eigenvalue weighted by Gasteiger charge is 2.40. The minimum Gasteiger partial charge on any atom is -0.497 e. The van der Waals surface area contributed by atoms with Crippen LogP contribution in [0, 0.1) is 0 Å². The number of hydrogen-bond donors (Lipinski definition) is 2. The lowest BCUT2D eigenvalue weighted by Crippen LogP contribution is -2.49. The van der Waals surface area contributed by atoms with Crippen LogP contribution < -0.4 is 15.5 Å². The molecule has 2 N–H and O–H groups in total. The molecule has 0 saturated carbocycles. The lowest BCUT2D eigenvalue weighted by molar-refractivity contribution is -0.137. The molecule has 160 valence electrons. The van der Waals surface area contributed by atoms with Crippen molar-refractivity contribution in [3.05, 3.63) is 72.1 Å². The molecule has 2 heterocycles. The van der Waals surface area contributed by atoms with Crippen LogP contribution in [-0.4, -0.2) is 47.2 Å². The molecule has 2 atom stereocenters.